The van der Waals surface area contributed by atoms with Crippen LogP contribution < -0.4 is 10.2 Å². The van der Waals surface area contributed by atoms with Crippen LogP contribution in [0.25, 0.3) is 0 Å². The number of amides is 1. The van der Waals surface area contributed by atoms with Gasteiger partial charge in [-0.15, -0.1) is 0 Å². The maximum absolute atomic E-state index is 12.4. The number of halogens is 1. The molecule has 3 rings (SSSR count). The van der Waals surface area contributed by atoms with E-state index in [1.165, 1.54) is 0 Å². The highest BCUT2D eigenvalue weighted by Gasteiger charge is 2.26. The van der Waals surface area contributed by atoms with E-state index in [4.69, 9.17) is 11.6 Å². The zero-order valence-electron chi connectivity index (χ0n) is 13.8. The van der Waals surface area contributed by atoms with Gasteiger partial charge in [0.25, 0.3) is 0 Å². The second-order valence-electron chi connectivity index (χ2n) is 6.06. The largest absolute Gasteiger partial charge is 0.341 e. The summed E-state index contributed by atoms with van der Waals surface area (Å²) in [6, 6.07) is 5.29. The molecule has 1 saturated heterocycles. The van der Waals surface area contributed by atoms with Gasteiger partial charge in [0, 0.05) is 41.6 Å². The van der Waals surface area contributed by atoms with E-state index in [-0.39, 0.29) is 11.8 Å². The average molecular weight is 346 g/mol. The van der Waals surface area contributed by atoms with Gasteiger partial charge in [-0.25, -0.2) is 15.0 Å². The first-order valence-electron chi connectivity index (χ1n) is 8.01. The van der Waals surface area contributed by atoms with Crippen molar-refractivity contribution in [1.29, 1.82) is 0 Å². The molecule has 1 aliphatic rings. The molecule has 0 aliphatic carbocycles. The van der Waals surface area contributed by atoms with Crippen molar-refractivity contribution in [1.82, 2.24) is 15.0 Å². The number of aromatic nitrogens is 3. The van der Waals surface area contributed by atoms with Crippen LogP contribution in [-0.4, -0.2) is 33.9 Å². The third kappa shape index (κ3) is 4.00. The predicted molar refractivity (Wildman–Crippen MR) is 94.3 cm³/mol. The summed E-state index contributed by atoms with van der Waals surface area (Å²) in [5.41, 5.74) is 1.92. The average Bonchev–Trinajstić information content (AvgIpc) is 2.54. The Morgan fingerprint density at radius 1 is 1.21 bits per heavy atom. The lowest BCUT2D eigenvalue weighted by Gasteiger charge is -2.31. The fraction of sp³-hybridized carbons (Fsp3) is 0.412. The van der Waals surface area contributed by atoms with Gasteiger partial charge in [-0.05, 0) is 44.9 Å². The molecule has 7 heteroatoms. The number of carbonyl (C=O) groups excluding carboxylic acids is 1. The molecule has 0 aromatic carbocycles. The van der Waals surface area contributed by atoms with E-state index in [2.05, 4.69) is 25.2 Å². The fourth-order valence-corrected chi connectivity index (χ4v) is 3.05. The zero-order chi connectivity index (χ0) is 17.1. The third-order valence-electron chi connectivity index (χ3n) is 4.09. The summed E-state index contributed by atoms with van der Waals surface area (Å²) >= 11 is 5.91. The van der Waals surface area contributed by atoms with E-state index in [9.17, 15) is 4.79 Å². The standard InChI is InChI=1S/C17H20ClN5O/c1-11-9-12(2)21-17(20-11)23-7-4-13(5-8-23)16(24)22-15-10-14(18)3-6-19-15/h3,6,9-10,13H,4-5,7-8H2,1-2H3,(H,19,22,24). The molecular weight excluding hydrogens is 326 g/mol. The first-order chi connectivity index (χ1) is 11.5. The first kappa shape index (κ1) is 16.6. The van der Waals surface area contributed by atoms with Gasteiger partial charge in [-0.1, -0.05) is 11.6 Å². The van der Waals surface area contributed by atoms with Crippen LogP contribution in [0, 0.1) is 19.8 Å². The molecule has 6 nitrogen and oxygen atoms in total. The molecule has 0 radical (unpaired) electrons. The van der Waals surface area contributed by atoms with E-state index < -0.39 is 0 Å². The zero-order valence-corrected chi connectivity index (χ0v) is 14.5. The third-order valence-corrected chi connectivity index (χ3v) is 4.33. The van der Waals surface area contributed by atoms with E-state index in [1.54, 1.807) is 18.3 Å². The van der Waals surface area contributed by atoms with Crippen molar-refractivity contribution in [3.05, 3.63) is 40.8 Å². The van der Waals surface area contributed by atoms with Crippen molar-refractivity contribution < 1.29 is 4.79 Å². The van der Waals surface area contributed by atoms with E-state index >= 15 is 0 Å². The molecular formula is C17H20ClN5O. The molecule has 0 bridgehead atoms. The van der Waals surface area contributed by atoms with Crippen molar-refractivity contribution in [3.63, 3.8) is 0 Å². The Balaban J connectivity index is 1.59. The number of aryl methyl sites for hydroxylation is 2. The molecule has 0 spiro atoms. The van der Waals surface area contributed by atoms with Gasteiger partial charge in [0.15, 0.2) is 0 Å². The Morgan fingerprint density at radius 2 is 1.88 bits per heavy atom. The molecule has 24 heavy (non-hydrogen) atoms. The summed E-state index contributed by atoms with van der Waals surface area (Å²) in [5.74, 6) is 1.20. The van der Waals surface area contributed by atoms with Crippen LogP contribution in [0.4, 0.5) is 11.8 Å². The van der Waals surface area contributed by atoms with Crippen LogP contribution in [0.1, 0.15) is 24.2 Å². The molecule has 126 valence electrons. The van der Waals surface area contributed by atoms with Gasteiger partial charge >= 0.3 is 0 Å². The molecule has 1 aliphatic heterocycles. The van der Waals surface area contributed by atoms with Crippen molar-refractivity contribution in [3.8, 4) is 0 Å². The Morgan fingerprint density at radius 3 is 2.50 bits per heavy atom. The summed E-state index contributed by atoms with van der Waals surface area (Å²) in [7, 11) is 0. The highest BCUT2D eigenvalue weighted by Crippen LogP contribution is 2.23. The van der Waals surface area contributed by atoms with E-state index in [0.29, 0.717) is 10.8 Å². The molecule has 1 N–H and O–H groups in total. The topological polar surface area (TPSA) is 71.0 Å². The van der Waals surface area contributed by atoms with Crippen LogP contribution in [0.2, 0.25) is 5.02 Å². The summed E-state index contributed by atoms with van der Waals surface area (Å²) in [6.07, 6.45) is 3.11. The number of nitrogens with one attached hydrogen (secondary N) is 1. The molecule has 3 heterocycles. The van der Waals surface area contributed by atoms with E-state index in [1.807, 2.05) is 19.9 Å². The van der Waals surface area contributed by atoms with Crippen molar-refractivity contribution in [2.75, 3.05) is 23.3 Å². The maximum Gasteiger partial charge on any atom is 0.228 e. The lowest BCUT2D eigenvalue weighted by molar-refractivity contribution is -0.120. The van der Waals surface area contributed by atoms with Crippen LogP contribution >= 0.6 is 11.6 Å². The normalized spacial score (nSPS) is 15.4. The number of hydrogen-bond acceptors (Lipinski definition) is 5. The summed E-state index contributed by atoms with van der Waals surface area (Å²) < 4.78 is 0. The van der Waals surface area contributed by atoms with Crippen LogP contribution in [0.5, 0.6) is 0 Å². The number of nitrogens with zero attached hydrogens (tertiary/aromatic N) is 4. The maximum atomic E-state index is 12.4. The van der Waals surface area contributed by atoms with Crippen molar-refractivity contribution in [2.45, 2.75) is 26.7 Å². The highest BCUT2D eigenvalue weighted by atomic mass is 35.5. The minimum atomic E-state index is -0.0343. The van der Waals surface area contributed by atoms with Gasteiger partial charge in [0.1, 0.15) is 5.82 Å². The summed E-state index contributed by atoms with van der Waals surface area (Å²) in [6.45, 7) is 5.47. The lowest BCUT2D eigenvalue weighted by Crippen LogP contribution is -2.39. The fourth-order valence-electron chi connectivity index (χ4n) is 2.89. The molecule has 0 saturated carbocycles. The SMILES string of the molecule is Cc1cc(C)nc(N2CCC(C(=O)Nc3cc(Cl)ccn3)CC2)n1. The number of piperidine rings is 1. The summed E-state index contributed by atoms with van der Waals surface area (Å²) in [4.78, 5) is 27.6. The molecule has 0 unspecified atom stereocenters. The molecule has 2 aromatic heterocycles. The Bertz CT molecular complexity index is 723. The van der Waals surface area contributed by atoms with Gasteiger partial charge in [0.2, 0.25) is 11.9 Å². The number of pyridine rings is 1. The minimum absolute atomic E-state index is 0.00856. The van der Waals surface area contributed by atoms with Gasteiger partial charge in [0.05, 0.1) is 0 Å². The lowest BCUT2D eigenvalue weighted by atomic mass is 9.96. The van der Waals surface area contributed by atoms with Crippen LogP contribution in [0.3, 0.4) is 0 Å². The molecule has 1 amide bonds. The second kappa shape index (κ2) is 7.13. The first-order valence-corrected chi connectivity index (χ1v) is 8.39. The summed E-state index contributed by atoms with van der Waals surface area (Å²) in [5, 5.41) is 3.40. The Hall–Kier alpha value is -2.21. The van der Waals surface area contributed by atoms with Gasteiger partial charge < -0.3 is 10.2 Å². The number of anilines is 2. The Labute approximate surface area is 146 Å². The Kier molecular flexibility index (Phi) is 4.94. The number of hydrogen-bond donors (Lipinski definition) is 1. The molecule has 0 atom stereocenters. The second-order valence-corrected chi connectivity index (χ2v) is 6.50. The molecule has 2 aromatic rings. The smallest absolute Gasteiger partial charge is 0.228 e. The van der Waals surface area contributed by atoms with Crippen LogP contribution in [-0.2, 0) is 4.79 Å². The minimum Gasteiger partial charge on any atom is -0.341 e. The predicted octanol–water partition coefficient (Wildman–Crippen LogP) is 3.00. The number of rotatable bonds is 3. The van der Waals surface area contributed by atoms with Gasteiger partial charge in [-0.3, -0.25) is 4.79 Å². The van der Waals surface area contributed by atoms with Crippen LogP contribution in [0.15, 0.2) is 24.4 Å². The van der Waals surface area contributed by atoms with Crippen molar-refractivity contribution >= 4 is 29.3 Å². The highest BCUT2D eigenvalue weighted by molar-refractivity contribution is 6.30. The van der Waals surface area contributed by atoms with Crippen molar-refractivity contribution in [2.24, 2.45) is 5.92 Å². The van der Waals surface area contributed by atoms with E-state index in [0.717, 1.165) is 43.3 Å². The number of carbonyl (C=O) groups is 1. The van der Waals surface area contributed by atoms with Gasteiger partial charge in [-0.2, -0.15) is 0 Å². The quantitative estimate of drug-likeness (QED) is 0.925. The molecule has 1 fully saturated rings. The monoisotopic (exact) mass is 345 g/mol.